The predicted molar refractivity (Wildman–Crippen MR) is 64.9 cm³/mol. The van der Waals surface area contributed by atoms with Gasteiger partial charge in [-0.25, -0.2) is 4.98 Å². The van der Waals surface area contributed by atoms with Crippen molar-refractivity contribution in [2.24, 2.45) is 0 Å². The summed E-state index contributed by atoms with van der Waals surface area (Å²) >= 11 is 0. The zero-order valence-electron chi connectivity index (χ0n) is 9.69. The van der Waals surface area contributed by atoms with Gasteiger partial charge in [0.05, 0.1) is 5.56 Å². The van der Waals surface area contributed by atoms with E-state index in [-0.39, 0.29) is 5.91 Å². The second-order valence-electron chi connectivity index (χ2n) is 3.70. The summed E-state index contributed by atoms with van der Waals surface area (Å²) in [4.78, 5) is 19.0. The van der Waals surface area contributed by atoms with E-state index in [4.69, 9.17) is 4.74 Å². The Kier molecular flexibility index (Phi) is 3.72. The molecule has 0 saturated heterocycles. The number of ether oxygens (including phenoxy) is 1. The van der Waals surface area contributed by atoms with E-state index in [1.807, 2.05) is 12.1 Å². The standard InChI is InChI=1S/C12H15N3O2/c1-17-7-3-6-14-12(16)10-8-15-11-9(10)4-2-5-13-11/h2,4-5,8H,3,6-7H2,1H3,(H,13,15)(H,14,16). The summed E-state index contributed by atoms with van der Waals surface area (Å²) in [6.07, 6.45) is 4.19. The molecule has 2 N–H and O–H groups in total. The molecule has 0 aromatic carbocycles. The van der Waals surface area contributed by atoms with Crippen LogP contribution in [0.25, 0.3) is 11.0 Å². The van der Waals surface area contributed by atoms with Crippen molar-refractivity contribution in [2.75, 3.05) is 20.3 Å². The number of aromatic amines is 1. The molecule has 5 nitrogen and oxygen atoms in total. The molecule has 0 aliphatic carbocycles. The van der Waals surface area contributed by atoms with Crippen molar-refractivity contribution in [3.63, 3.8) is 0 Å². The first kappa shape index (κ1) is 11.6. The van der Waals surface area contributed by atoms with Crippen LogP contribution >= 0.6 is 0 Å². The third kappa shape index (κ3) is 2.62. The van der Waals surface area contributed by atoms with Gasteiger partial charge in [-0.05, 0) is 18.6 Å². The second-order valence-corrected chi connectivity index (χ2v) is 3.70. The molecule has 0 atom stereocenters. The number of aromatic nitrogens is 2. The van der Waals surface area contributed by atoms with E-state index in [0.717, 1.165) is 17.5 Å². The first-order valence-corrected chi connectivity index (χ1v) is 5.52. The topological polar surface area (TPSA) is 67.0 Å². The Morgan fingerprint density at radius 3 is 3.29 bits per heavy atom. The van der Waals surface area contributed by atoms with Crippen LogP contribution in [-0.2, 0) is 4.74 Å². The maximum atomic E-state index is 11.9. The molecule has 0 aliphatic heterocycles. The molecule has 0 bridgehead atoms. The Morgan fingerprint density at radius 1 is 1.59 bits per heavy atom. The van der Waals surface area contributed by atoms with Gasteiger partial charge < -0.3 is 15.0 Å². The fourth-order valence-corrected chi connectivity index (χ4v) is 1.66. The smallest absolute Gasteiger partial charge is 0.253 e. The third-order valence-electron chi connectivity index (χ3n) is 2.51. The van der Waals surface area contributed by atoms with Crippen molar-refractivity contribution in [3.05, 3.63) is 30.1 Å². The van der Waals surface area contributed by atoms with E-state index < -0.39 is 0 Å². The lowest BCUT2D eigenvalue weighted by Gasteiger charge is -2.03. The van der Waals surface area contributed by atoms with Gasteiger partial charge in [0.15, 0.2) is 0 Å². The fourth-order valence-electron chi connectivity index (χ4n) is 1.66. The van der Waals surface area contributed by atoms with Gasteiger partial charge in [-0.15, -0.1) is 0 Å². The van der Waals surface area contributed by atoms with Gasteiger partial charge in [0.25, 0.3) is 5.91 Å². The molecule has 0 aliphatic rings. The molecule has 17 heavy (non-hydrogen) atoms. The average Bonchev–Trinajstić information content (AvgIpc) is 2.78. The summed E-state index contributed by atoms with van der Waals surface area (Å²) in [7, 11) is 1.65. The van der Waals surface area contributed by atoms with Gasteiger partial charge in [-0.1, -0.05) is 0 Å². The van der Waals surface area contributed by atoms with E-state index in [1.165, 1.54) is 0 Å². The Balaban J connectivity index is 2.04. The van der Waals surface area contributed by atoms with Crippen LogP contribution in [0.1, 0.15) is 16.8 Å². The van der Waals surface area contributed by atoms with Crippen LogP contribution in [0.4, 0.5) is 0 Å². The van der Waals surface area contributed by atoms with Gasteiger partial charge in [0, 0.05) is 38.0 Å². The lowest BCUT2D eigenvalue weighted by molar-refractivity contribution is 0.0950. The maximum Gasteiger partial charge on any atom is 0.253 e. The highest BCUT2D eigenvalue weighted by Gasteiger charge is 2.11. The average molecular weight is 233 g/mol. The molecule has 0 spiro atoms. The van der Waals surface area contributed by atoms with Crippen molar-refractivity contribution in [3.8, 4) is 0 Å². The lowest BCUT2D eigenvalue weighted by atomic mass is 10.2. The first-order valence-electron chi connectivity index (χ1n) is 5.52. The molecule has 0 radical (unpaired) electrons. The molecular weight excluding hydrogens is 218 g/mol. The summed E-state index contributed by atoms with van der Waals surface area (Å²) in [5.41, 5.74) is 1.36. The summed E-state index contributed by atoms with van der Waals surface area (Å²) in [5, 5.41) is 3.69. The molecule has 5 heteroatoms. The number of pyridine rings is 1. The monoisotopic (exact) mass is 233 g/mol. The molecule has 0 saturated carbocycles. The normalized spacial score (nSPS) is 10.6. The van der Waals surface area contributed by atoms with Gasteiger partial charge >= 0.3 is 0 Å². The van der Waals surface area contributed by atoms with Crippen LogP contribution in [0.5, 0.6) is 0 Å². The summed E-state index contributed by atoms with van der Waals surface area (Å²) in [6.45, 7) is 1.26. The third-order valence-corrected chi connectivity index (χ3v) is 2.51. The number of hydrogen-bond acceptors (Lipinski definition) is 3. The van der Waals surface area contributed by atoms with E-state index in [0.29, 0.717) is 18.7 Å². The minimum absolute atomic E-state index is 0.0830. The quantitative estimate of drug-likeness (QED) is 0.765. The summed E-state index contributed by atoms with van der Waals surface area (Å²) in [5.74, 6) is -0.0830. The molecule has 2 aromatic rings. The Hall–Kier alpha value is -1.88. The number of nitrogens with one attached hydrogen (secondary N) is 2. The van der Waals surface area contributed by atoms with Crippen molar-refractivity contribution in [1.29, 1.82) is 0 Å². The second kappa shape index (κ2) is 5.45. The van der Waals surface area contributed by atoms with Crippen LogP contribution < -0.4 is 5.32 Å². The highest BCUT2D eigenvalue weighted by Crippen LogP contribution is 2.14. The molecule has 2 heterocycles. The molecular formula is C12H15N3O2. The van der Waals surface area contributed by atoms with Crippen LogP contribution in [0.15, 0.2) is 24.5 Å². The van der Waals surface area contributed by atoms with Crippen LogP contribution in [-0.4, -0.2) is 36.1 Å². The number of carbonyl (C=O) groups is 1. The maximum absolute atomic E-state index is 11.9. The zero-order chi connectivity index (χ0) is 12.1. The van der Waals surface area contributed by atoms with E-state index in [9.17, 15) is 4.79 Å². The molecule has 2 rings (SSSR count). The number of carbonyl (C=O) groups excluding carboxylic acids is 1. The van der Waals surface area contributed by atoms with Crippen molar-refractivity contribution in [1.82, 2.24) is 15.3 Å². The van der Waals surface area contributed by atoms with Gasteiger partial charge in [0.1, 0.15) is 5.65 Å². The number of rotatable bonds is 5. The minimum Gasteiger partial charge on any atom is -0.385 e. The summed E-state index contributed by atoms with van der Waals surface area (Å²) < 4.78 is 4.92. The van der Waals surface area contributed by atoms with Gasteiger partial charge in [-0.2, -0.15) is 0 Å². The molecule has 0 unspecified atom stereocenters. The van der Waals surface area contributed by atoms with Crippen LogP contribution in [0.2, 0.25) is 0 Å². The van der Waals surface area contributed by atoms with Crippen LogP contribution in [0, 0.1) is 0 Å². The number of methoxy groups -OCH3 is 1. The van der Waals surface area contributed by atoms with E-state index >= 15 is 0 Å². The van der Waals surface area contributed by atoms with Crippen molar-refractivity contribution in [2.45, 2.75) is 6.42 Å². The highest BCUT2D eigenvalue weighted by molar-refractivity contribution is 6.05. The zero-order valence-corrected chi connectivity index (χ0v) is 9.69. The highest BCUT2D eigenvalue weighted by atomic mass is 16.5. The van der Waals surface area contributed by atoms with Crippen molar-refractivity contribution >= 4 is 16.9 Å². The van der Waals surface area contributed by atoms with Crippen molar-refractivity contribution < 1.29 is 9.53 Å². The Bertz CT molecular complexity index is 507. The first-order chi connectivity index (χ1) is 8.33. The van der Waals surface area contributed by atoms with Crippen LogP contribution in [0.3, 0.4) is 0 Å². The number of nitrogens with zero attached hydrogens (tertiary/aromatic N) is 1. The SMILES string of the molecule is COCCCNC(=O)c1c[nH]c2ncccc12. The Labute approximate surface area is 99.2 Å². The number of hydrogen-bond donors (Lipinski definition) is 2. The van der Waals surface area contributed by atoms with E-state index in [1.54, 1.807) is 19.5 Å². The van der Waals surface area contributed by atoms with Gasteiger partial charge in [0.2, 0.25) is 0 Å². The largest absolute Gasteiger partial charge is 0.385 e. The predicted octanol–water partition coefficient (Wildman–Crippen LogP) is 1.33. The minimum atomic E-state index is -0.0830. The number of fused-ring (bicyclic) bond motifs is 1. The molecule has 0 fully saturated rings. The van der Waals surface area contributed by atoms with Gasteiger partial charge in [-0.3, -0.25) is 4.79 Å². The fraction of sp³-hybridized carbons (Fsp3) is 0.333. The number of amides is 1. The molecule has 1 amide bonds. The molecule has 2 aromatic heterocycles. The summed E-state index contributed by atoms with van der Waals surface area (Å²) in [6, 6.07) is 3.70. The van der Waals surface area contributed by atoms with E-state index in [2.05, 4.69) is 15.3 Å². The Morgan fingerprint density at radius 2 is 2.47 bits per heavy atom. The lowest BCUT2D eigenvalue weighted by Crippen LogP contribution is -2.24. The number of H-pyrrole nitrogens is 1. The molecule has 90 valence electrons.